The van der Waals surface area contributed by atoms with Crippen LogP contribution in [0.5, 0.6) is 0 Å². The second-order valence-electron chi connectivity index (χ2n) is 5.99. The Balaban J connectivity index is 1.29. The van der Waals surface area contributed by atoms with Gasteiger partial charge in [0.2, 0.25) is 17.6 Å². The molecule has 0 fully saturated rings. The summed E-state index contributed by atoms with van der Waals surface area (Å²) in [7, 11) is 0. The highest BCUT2D eigenvalue weighted by Crippen LogP contribution is 2.19. The van der Waals surface area contributed by atoms with Gasteiger partial charge < -0.3 is 14.2 Å². The van der Waals surface area contributed by atoms with Crippen LogP contribution in [0.3, 0.4) is 0 Å². The second-order valence-corrected chi connectivity index (χ2v) is 6.43. The SMILES string of the molecule is O=C(CCc1nc(-c2ccc(Cl)cc2)no1)NCc1cn2ccccc2n1. The number of aromatic nitrogens is 4. The molecule has 0 aliphatic heterocycles. The summed E-state index contributed by atoms with van der Waals surface area (Å²) < 4.78 is 7.13. The number of hydrogen-bond acceptors (Lipinski definition) is 5. The van der Waals surface area contributed by atoms with E-state index in [9.17, 15) is 4.79 Å². The fraction of sp³-hybridized carbons (Fsp3) is 0.158. The van der Waals surface area contributed by atoms with E-state index in [0.717, 1.165) is 16.9 Å². The molecule has 0 radical (unpaired) electrons. The summed E-state index contributed by atoms with van der Waals surface area (Å²) in [5.41, 5.74) is 2.46. The van der Waals surface area contributed by atoms with E-state index in [2.05, 4.69) is 20.4 Å². The third-order valence-corrected chi connectivity index (χ3v) is 4.27. The van der Waals surface area contributed by atoms with Crippen molar-refractivity contribution in [2.45, 2.75) is 19.4 Å². The molecule has 4 rings (SSSR count). The van der Waals surface area contributed by atoms with Crippen LogP contribution in [0.1, 0.15) is 18.0 Å². The minimum atomic E-state index is -0.0988. The molecular weight excluding hydrogens is 366 g/mol. The Hall–Kier alpha value is -3.19. The van der Waals surface area contributed by atoms with Crippen molar-refractivity contribution in [3.05, 3.63) is 71.5 Å². The van der Waals surface area contributed by atoms with Crippen molar-refractivity contribution in [3.63, 3.8) is 0 Å². The monoisotopic (exact) mass is 381 g/mol. The number of benzene rings is 1. The number of hydrogen-bond donors (Lipinski definition) is 1. The maximum absolute atomic E-state index is 12.1. The molecule has 3 aromatic heterocycles. The molecule has 4 aromatic rings. The molecule has 0 unspecified atom stereocenters. The number of aryl methyl sites for hydroxylation is 1. The lowest BCUT2D eigenvalue weighted by Crippen LogP contribution is -2.23. The minimum Gasteiger partial charge on any atom is -0.350 e. The maximum atomic E-state index is 12.1. The number of nitrogens with one attached hydrogen (secondary N) is 1. The van der Waals surface area contributed by atoms with E-state index < -0.39 is 0 Å². The van der Waals surface area contributed by atoms with Gasteiger partial charge in [-0.1, -0.05) is 22.8 Å². The summed E-state index contributed by atoms with van der Waals surface area (Å²) in [6.07, 6.45) is 4.45. The summed E-state index contributed by atoms with van der Waals surface area (Å²) >= 11 is 5.87. The maximum Gasteiger partial charge on any atom is 0.227 e. The highest BCUT2D eigenvalue weighted by Gasteiger charge is 2.11. The Morgan fingerprint density at radius 2 is 2.00 bits per heavy atom. The molecule has 1 amide bonds. The number of fused-ring (bicyclic) bond motifs is 1. The molecule has 1 N–H and O–H groups in total. The largest absolute Gasteiger partial charge is 0.350 e. The molecule has 0 saturated heterocycles. The number of carbonyl (C=O) groups excluding carboxylic acids is 1. The topological polar surface area (TPSA) is 85.3 Å². The van der Waals surface area contributed by atoms with Crippen molar-refractivity contribution in [1.29, 1.82) is 0 Å². The van der Waals surface area contributed by atoms with Crippen LogP contribution in [-0.2, 0) is 17.8 Å². The van der Waals surface area contributed by atoms with Gasteiger partial charge in [0, 0.05) is 35.8 Å². The van der Waals surface area contributed by atoms with Gasteiger partial charge in [0.1, 0.15) is 5.65 Å². The molecule has 0 aliphatic rings. The Morgan fingerprint density at radius 1 is 1.15 bits per heavy atom. The molecule has 0 atom stereocenters. The Labute approximate surface area is 160 Å². The zero-order valence-corrected chi connectivity index (χ0v) is 15.1. The lowest BCUT2D eigenvalue weighted by Gasteiger charge is -2.01. The summed E-state index contributed by atoms with van der Waals surface area (Å²) in [6.45, 7) is 0.375. The Morgan fingerprint density at radius 3 is 2.81 bits per heavy atom. The van der Waals surface area contributed by atoms with Crippen LogP contribution in [0, 0.1) is 0 Å². The molecule has 27 heavy (non-hydrogen) atoms. The molecule has 7 nitrogen and oxygen atoms in total. The third-order valence-electron chi connectivity index (χ3n) is 4.02. The first-order valence-corrected chi connectivity index (χ1v) is 8.83. The molecule has 0 aliphatic carbocycles. The molecular formula is C19H16ClN5O2. The van der Waals surface area contributed by atoms with E-state index in [0.29, 0.717) is 29.7 Å². The predicted molar refractivity (Wildman–Crippen MR) is 100 cm³/mol. The predicted octanol–water partition coefficient (Wildman–Crippen LogP) is 3.29. The first-order valence-electron chi connectivity index (χ1n) is 8.45. The van der Waals surface area contributed by atoms with Gasteiger partial charge in [-0.2, -0.15) is 4.98 Å². The van der Waals surface area contributed by atoms with Crippen molar-refractivity contribution in [2.24, 2.45) is 0 Å². The summed E-state index contributed by atoms with van der Waals surface area (Å²) in [4.78, 5) is 20.8. The van der Waals surface area contributed by atoms with E-state index >= 15 is 0 Å². The third kappa shape index (κ3) is 4.15. The molecule has 3 heterocycles. The highest BCUT2D eigenvalue weighted by molar-refractivity contribution is 6.30. The van der Waals surface area contributed by atoms with Crippen LogP contribution in [0.25, 0.3) is 17.0 Å². The number of carbonyl (C=O) groups is 1. The average Bonchev–Trinajstić information content (AvgIpc) is 3.32. The second kappa shape index (κ2) is 7.59. The first-order chi connectivity index (χ1) is 13.2. The zero-order chi connectivity index (χ0) is 18.6. The van der Waals surface area contributed by atoms with Gasteiger partial charge >= 0.3 is 0 Å². The van der Waals surface area contributed by atoms with Crippen LogP contribution in [0.15, 0.2) is 59.4 Å². The minimum absolute atomic E-state index is 0.0988. The number of halogens is 1. The van der Waals surface area contributed by atoms with E-state index in [1.807, 2.05) is 47.1 Å². The lowest BCUT2D eigenvalue weighted by atomic mass is 10.2. The summed E-state index contributed by atoms with van der Waals surface area (Å²) in [5, 5.41) is 7.44. The quantitative estimate of drug-likeness (QED) is 0.554. The van der Waals surface area contributed by atoms with Crippen molar-refractivity contribution < 1.29 is 9.32 Å². The van der Waals surface area contributed by atoms with Gasteiger partial charge in [-0.05, 0) is 36.4 Å². The van der Waals surface area contributed by atoms with Gasteiger partial charge in [0.05, 0.1) is 12.2 Å². The fourth-order valence-corrected chi connectivity index (χ4v) is 2.77. The van der Waals surface area contributed by atoms with Crippen LogP contribution < -0.4 is 5.32 Å². The molecule has 8 heteroatoms. The van der Waals surface area contributed by atoms with E-state index in [1.54, 1.807) is 12.1 Å². The van der Waals surface area contributed by atoms with Crippen LogP contribution in [0.2, 0.25) is 5.02 Å². The number of rotatable bonds is 6. The molecule has 1 aromatic carbocycles. The first kappa shape index (κ1) is 17.2. The molecule has 0 bridgehead atoms. The van der Waals surface area contributed by atoms with Crippen molar-refractivity contribution >= 4 is 23.2 Å². The summed E-state index contributed by atoms with van der Waals surface area (Å²) in [5.74, 6) is 0.799. The Bertz CT molecular complexity index is 1040. The van der Waals surface area contributed by atoms with Crippen molar-refractivity contribution in [3.8, 4) is 11.4 Å². The van der Waals surface area contributed by atoms with Gasteiger partial charge in [0.25, 0.3) is 0 Å². The lowest BCUT2D eigenvalue weighted by molar-refractivity contribution is -0.121. The van der Waals surface area contributed by atoms with Crippen LogP contribution in [-0.4, -0.2) is 25.4 Å². The smallest absolute Gasteiger partial charge is 0.227 e. The van der Waals surface area contributed by atoms with E-state index in [-0.39, 0.29) is 12.3 Å². The number of amides is 1. The number of nitrogens with zero attached hydrogens (tertiary/aromatic N) is 4. The van der Waals surface area contributed by atoms with E-state index in [4.69, 9.17) is 16.1 Å². The molecule has 136 valence electrons. The number of pyridine rings is 1. The zero-order valence-electron chi connectivity index (χ0n) is 14.3. The standard InChI is InChI=1S/C19H16ClN5O2/c20-14-6-4-13(5-7-14)19-23-18(27-24-19)9-8-17(26)21-11-15-12-25-10-2-1-3-16(25)22-15/h1-7,10,12H,8-9,11H2,(H,21,26). The number of imidazole rings is 1. The van der Waals surface area contributed by atoms with Crippen molar-refractivity contribution in [1.82, 2.24) is 24.8 Å². The summed E-state index contributed by atoms with van der Waals surface area (Å²) in [6, 6.07) is 12.9. The van der Waals surface area contributed by atoms with Gasteiger partial charge in [-0.3, -0.25) is 4.79 Å². The van der Waals surface area contributed by atoms with Crippen LogP contribution in [0.4, 0.5) is 0 Å². The van der Waals surface area contributed by atoms with Gasteiger partial charge in [0.15, 0.2) is 0 Å². The van der Waals surface area contributed by atoms with Gasteiger partial charge in [-0.15, -0.1) is 0 Å². The Kier molecular flexibility index (Phi) is 4.84. The van der Waals surface area contributed by atoms with Crippen molar-refractivity contribution in [2.75, 3.05) is 0 Å². The fourth-order valence-electron chi connectivity index (χ4n) is 2.64. The normalized spacial score (nSPS) is 11.0. The van der Waals surface area contributed by atoms with Gasteiger partial charge in [-0.25, -0.2) is 4.98 Å². The van der Waals surface area contributed by atoms with Crippen LogP contribution >= 0.6 is 11.6 Å². The average molecular weight is 382 g/mol. The molecule has 0 spiro atoms. The van der Waals surface area contributed by atoms with E-state index in [1.165, 1.54) is 0 Å². The molecule has 0 saturated carbocycles. The highest BCUT2D eigenvalue weighted by atomic mass is 35.5.